The SMILES string of the molecule is NC(=O)c1cc2c(OCc3coc4cc(Cl)ccc34)cccc2n1C1CCN(CCN2CCC(O)CC2)CC1. The van der Waals surface area contributed by atoms with Gasteiger partial charge in [-0.2, -0.15) is 0 Å². The van der Waals surface area contributed by atoms with Gasteiger partial charge >= 0.3 is 0 Å². The molecule has 3 N–H and O–H groups in total. The second-order valence-corrected chi connectivity index (χ2v) is 11.2. The Morgan fingerprint density at radius 3 is 2.44 bits per heavy atom. The van der Waals surface area contributed by atoms with E-state index in [0.717, 1.165) is 92.4 Å². The van der Waals surface area contributed by atoms with E-state index in [4.69, 9.17) is 26.5 Å². The first-order chi connectivity index (χ1) is 19.0. The fraction of sp³-hybridized carbons (Fsp3) is 0.433. The highest BCUT2D eigenvalue weighted by Crippen LogP contribution is 2.35. The van der Waals surface area contributed by atoms with Crippen LogP contribution in [0.2, 0.25) is 5.02 Å². The van der Waals surface area contributed by atoms with Crippen molar-refractivity contribution in [3.05, 3.63) is 65.0 Å². The van der Waals surface area contributed by atoms with Crippen molar-refractivity contribution in [1.82, 2.24) is 14.4 Å². The molecule has 0 aliphatic carbocycles. The average Bonchev–Trinajstić information content (AvgIpc) is 3.53. The monoisotopic (exact) mass is 550 g/mol. The number of aliphatic hydroxyl groups is 1. The third-order valence-corrected chi connectivity index (χ3v) is 8.54. The van der Waals surface area contributed by atoms with Gasteiger partial charge < -0.3 is 34.4 Å². The number of nitrogens with two attached hydrogens (primary N) is 1. The molecule has 39 heavy (non-hydrogen) atoms. The Bertz CT molecular complexity index is 1460. The zero-order chi connectivity index (χ0) is 26.9. The molecule has 0 saturated carbocycles. The zero-order valence-corrected chi connectivity index (χ0v) is 22.8. The summed E-state index contributed by atoms with van der Waals surface area (Å²) in [6.07, 6.45) is 5.22. The van der Waals surface area contributed by atoms with Crippen LogP contribution in [0.4, 0.5) is 0 Å². The summed E-state index contributed by atoms with van der Waals surface area (Å²) in [4.78, 5) is 17.5. The number of carbonyl (C=O) groups excluding carboxylic acids is 1. The highest BCUT2D eigenvalue weighted by molar-refractivity contribution is 6.31. The maximum Gasteiger partial charge on any atom is 0.265 e. The van der Waals surface area contributed by atoms with Gasteiger partial charge in [-0.25, -0.2) is 0 Å². The lowest BCUT2D eigenvalue weighted by Crippen LogP contribution is -2.43. The number of primary amides is 1. The number of piperidine rings is 2. The molecule has 6 rings (SSSR count). The second kappa shape index (κ2) is 11.2. The number of ether oxygens (including phenoxy) is 1. The molecule has 2 fully saturated rings. The second-order valence-electron chi connectivity index (χ2n) is 10.8. The van der Waals surface area contributed by atoms with E-state index in [0.29, 0.717) is 23.1 Å². The number of carbonyl (C=O) groups is 1. The van der Waals surface area contributed by atoms with E-state index < -0.39 is 5.91 Å². The quantitative estimate of drug-likeness (QED) is 0.327. The van der Waals surface area contributed by atoms with Crippen molar-refractivity contribution in [2.24, 2.45) is 5.73 Å². The van der Waals surface area contributed by atoms with Gasteiger partial charge in [-0.3, -0.25) is 4.79 Å². The lowest BCUT2D eigenvalue weighted by atomic mass is 10.0. The van der Waals surface area contributed by atoms with E-state index in [-0.39, 0.29) is 12.1 Å². The summed E-state index contributed by atoms with van der Waals surface area (Å²) in [5.74, 6) is 0.283. The molecule has 8 nitrogen and oxygen atoms in total. The molecule has 9 heteroatoms. The number of benzene rings is 2. The van der Waals surface area contributed by atoms with Gasteiger partial charge in [0.2, 0.25) is 0 Å². The number of hydrogen-bond donors (Lipinski definition) is 2. The van der Waals surface area contributed by atoms with E-state index in [9.17, 15) is 9.90 Å². The number of furan rings is 1. The van der Waals surface area contributed by atoms with Crippen LogP contribution < -0.4 is 10.5 Å². The normalized spacial score (nSPS) is 18.3. The Kier molecular flexibility index (Phi) is 7.53. The van der Waals surface area contributed by atoms with E-state index in [1.165, 1.54) is 0 Å². The topological polar surface area (TPSA) is 97.1 Å². The molecule has 2 aliphatic rings. The Balaban J connectivity index is 1.16. The summed E-state index contributed by atoms with van der Waals surface area (Å²) in [6, 6.07) is 13.6. The lowest BCUT2D eigenvalue weighted by molar-refractivity contribution is 0.0733. The molecule has 2 saturated heterocycles. The van der Waals surface area contributed by atoms with Gasteiger partial charge in [0.05, 0.1) is 17.9 Å². The van der Waals surface area contributed by atoms with Crippen LogP contribution in [0.3, 0.4) is 0 Å². The summed E-state index contributed by atoms with van der Waals surface area (Å²) in [7, 11) is 0. The lowest BCUT2D eigenvalue weighted by Gasteiger charge is -2.36. The predicted molar refractivity (Wildman–Crippen MR) is 152 cm³/mol. The molecule has 2 aliphatic heterocycles. The van der Waals surface area contributed by atoms with E-state index in [1.807, 2.05) is 36.4 Å². The minimum Gasteiger partial charge on any atom is -0.488 e. The van der Waals surface area contributed by atoms with Crippen molar-refractivity contribution in [2.75, 3.05) is 39.3 Å². The predicted octanol–water partition coefficient (Wildman–Crippen LogP) is 4.81. The van der Waals surface area contributed by atoms with Gasteiger partial charge in [0.15, 0.2) is 0 Å². The molecule has 1 amide bonds. The molecule has 0 bridgehead atoms. The molecule has 4 heterocycles. The minimum atomic E-state index is -0.426. The maximum absolute atomic E-state index is 12.5. The average molecular weight is 551 g/mol. The Morgan fingerprint density at radius 1 is 1.00 bits per heavy atom. The first-order valence-corrected chi connectivity index (χ1v) is 14.2. The molecule has 4 aromatic rings. The number of halogens is 1. The van der Waals surface area contributed by atoms with Crippen molar-refractivity contribution in [1.29, 1.82) is 0 Å². The molecular formula is C30H35ClN4O4. The molecule has 2 aromatic heterocycles. The summed E-state index contributed by atoms with van der Waals surface area (Å²) >= 11 is 6.09. The number of hydrogen-bond acceptors (Lipinski definition) is 6. The van der Waals surface area contributed by atoms with Gasteiger partial charge in [0, 0.05) is 66.7 Å². The molecule has 206 valence electrons. The van der Waals surface area contributed by atoms with E-state index in [1.54, 1.807) is 12.3 Å². The van der Waals surface area contributed by atoms with E-state index in [2.05, 4.69) is 14.4 Å². The summed E-state index contributed by atoms with van der Waals surface area (Å²) in [6.45, 7) is 6.31. The molecular weight excluding hydrogens is 516 g/mol. The Hall–Kier alpha value is -3.04. The van der Waals surface area contributed by atoms with Crippen LogP contribution in [0.5, 0.6) is 5.75 Å². The van der Waals surface area contributed by atoms with Gasteiger partial charge in [-0.15, -0.1) is 0 Å². The molecule has 0 unspecified atom stereocenters. The smallest absolute Gasteiger partial charge is 0.265 e. The number of aromatic nitrogens is 1. The standard InChI is InChI=1S/C30H35ClN4O4/c31-21-4-5-24-20(19-39-29(24)16-21)18-38-28-3-1-2-26-25(28)17-27(30(32)37)35(26)22-6-10-33(11-7-22)14-15-34-12-8-23(36)9-13-34/h1-5,16-17,19,22-23,36H,6-15,18H2,(H2,32,37). The van der Waals surface area contributed by atoms with Crippen LogP contribution in [-0.2, 0) is 6.61 Å². The van der Waals surface area contributed by atoms with Crippen LogP contribution in [0.15, 0.2) is 53.1 Å². The van der Waals surface area contributed by atoms with Crippen LogP contribution in [-0.4, -0.2) is 70.8 Å². The van der Waals surface area contributed by atoms with Crippen molar-refractivity contribution in [3.63, 3.8) is 0 Å². The molecule has 0 radical (unpaired) electrons. The van der Waals surface area contributed by atoms with Crippen LogP contribution in [0.25, 0.3) is 21.9 Å². The van der Waals surface area contributed by atoms with Gasteiger partial charge in [-0.05, 0) is 62.1 Å². The van der Waals surface area contributed by atoms with Gasteiger partial charge in [0.1, 0.15) is 23.6 Å². The number of aliphatic hydroxyl groups excluding tert-OH is 1. The number of rotatable bonds is 8. The number of fused-ring (bicyclic) bond motifs is 2. The van der Waals surface area contributed by atoms with Crippen molar-refractivity contribution in [2.45, 2.75) is 44.4 Å². The first-order valence-electron chi connectivity index (χ1n) is 13.8. The van der Waals surface area contributed by atoms with Gasteiger partial charge in [0.25, 0.3) is 5.91 Å². The number of nitrogens with zero attached hydrogens (tertiary/aromatic N) is 3. The zero-order valence-electron chi connectivity index (χ0n) is 22.0. The Labute approximate surface area is 232 Å². The van der Waals surface area contributed by atoms with Crippen LogP contribution >= 0.6 is 11.6 Å². The van der Waals surface area contributed by atoms with Crippen molar-refractivity contribution in [3.8, 4) is 5.75 Å². The fourth-order valence-corrected chi connectivity index (χ4v) is 6.25. The first kappa shape index (κ1) is 26.2. The largest absolute Gasteiger partial charge is 0.488 e. The summed E-state index contributed by atoms with van der Waals surface area (Å²) in [5.41, 5.74) is 9.02. The molecule has 0 atom stereocenters. The van der Waals surface area contributed by atoms with E-state index >= 15 is 0 Å². The fourth-order valence-electron chi connectivity index (χ4n) is 6.08. The summed E-state index contributed by atoms with van der Waals surface area (Å²) in [5, 5.41) is 12.2. The van der Waals surface area contributed by atoms with Crippen molar-refractivity contribution < 1.29 is 19.1 Å². The summed E-state index contributed by atoms with van der Waals surface area (Å²) < 4.78 is 14.0. The minimum absolute atomic E-state index is 0.135. The number of amides is 1. The maximum atomic E-state index is 12.5. The van der Waals surface area contributed by atoms with Crippen molar-refractivity contribution >= 4 is 39.4 Å². The Morgan fingerprint density at radius 2 is 1.72 bits per heavy atom. The van der Waals surface area contributed by atoms with Crippen LogP contribution in [0.1, 0.15) is 47.8 Å². The molecule has 2 aromatic carbocycles. The highest BCUT2D eigenvalue weighted by atomic mass is 35.5. The van der Waals surface area contributed by atoms with Crippen LogP contribution in [0, 0.1) is 0 Å². The molecule has 0 spiro atoms. The third kappa shape index (κ3) is 5.52. The highest BCUT2D eigenvalue weighted by Gasteiger charge is 2.27. The number of likely N-dealkylation sites (tertiary alicyclic amines) is 2. The third-order valence-electron chi connectivity index (χ3n) is 8.31. The van der Waals surface area contributed by atoms with Gasteiger partial charge in [-0.1, -0.05) is 17.7 Å².